The molecule has 0 spiro atoms. The largest absolute Gasteiger partial charge is 0.313 e. The maximum atomic E-state index is 12.6. The quantitative estimate of drug-likeness (QED) is 0.663. The summed E-state index contributed by atoms with van der Waals surface area (Å²) in [5, 5.41) is 2.92. The van der Waals surface area contributed by atoms with Gasteiger partial charge in [0, 0.05) is 23.1 Å². The molecule has 1 N–H and O–H groups in total. The number of hydrogen-bond donors (Lipinski definition) is 1. The minimum atomic E-state index is -0.155. The van der Waals surface area contributed by atoms with Gasteiger partial charge in [-0.3, -0.25) is 10.1 Å². The van der Waals surface area contributed by atoms with E-state index < -0.39 is 0 Å². The Morgan fingerprint density at radius 2 is 1.81 bits per heavy atom. The molecule has 0 saturated heterocycles. The van der Waals surface area contributed by atoms with E-state index >= 15 is 0 Å². The van der Waals surface area contributed by atoms with Crippen molar-refractivity contribution in [3.63, 3.8) is 0 Å². The van der Waals surface area contributed by atoms with E-state index in [-0.39, 0.29) is 5.91 Å². The fourth-order valence-electron chi connectivity index (χ4n) is 2.95. The number of carbonyl (C=O) groups is 1. The second-order valence-corrected chi connectivity index (χ2v) is 7.34. The standard InChI is InChI=1S/C21H23N3OS/c1-13-9-15(3)18(10-14(13)2)19-12-22-21(24(19)4)23-20(25)16-7-6-8-17(11-16)26-5/h6-12H,1-5H3,(H,22,23,25). The fourth-order valence-corrected chi connectivity index (χ4v) is 3.41. The topological polar surface area (TPSA) is 46.9 Å². The second kappa shape index (κ2) is 7.38. The summed E-state index contributed by atoms with van der Waals surface area (Å²) in [5.74, 6) is 0.384. The Morgan fingerprint density at radius 3 is 2.54 bits per heavy atom. The number of anilines is 1. The van der Waals surface area contributed by atoms with Crippen LogP contribution in [-0.4, -0.2) is 21.7 Å². The highest BCUT2D eigenvalue weighted by Gasteiger charge is 2.15. The van der Waals surface area contributed by atoms with Crippen LogP contribution in [0.25, 0.3) is 11.3 Å². The maximum Gasteiger partial charge on any atom is 0.258 e. The number of rotatable bonds is 4. The first-order chi connectivity index (χ1) is 12.4. The van der Waals surface area contributed by atoms with Crippen LogP contribution in [0.15, 0.2) is 47.5 Å². The summed E-state index contributed by atoms with van der Waals surface area (Å²) >= 11 is 1.61. The average Bonchev–Trinajstić information content (AvgIpc) is 2.98. The molecule has 5 heteroatoms. The van der Waals surface area contributed by atoms with Crippen molar-refractivity contribution in [3.8, 4) is 11.3 Å². The molecule has 0 aliphatic rings. The SMILES string of the molecule is CSc1cccc(C(=O)Nc2ncc(-c3cc(C)c(C)cc3C)n2C)c1. The van der Waals surface area contributed by atoms with Crippen LogP contribution >= 0.6 is 11.8 Å². The fraction of sp³-hybridized carbons (Fsp3) is 0.238. The van der Waals surface area contributed by atoms with E-state index in [1.807, 2.05) is 48.3 Å². The smallest absolute Gasteiger partial charge is 0.258 e. The Morgan fingerprint density at radius 1 is 1.08 bits per heavy atom. The minimum absolute atomic E-state index is 0.155. The number of imidazole rings is 1. The molecule has 0 aliphatic heterocycles. The zero-order chi connectivity index (χ0) is 18.8. The van der Waals surface area contributed by atoms with Crippen LogP contribution in [-0.2, 0) is 7.05 Å². The van der Waals surface area contributed by atoms with Crippen LogP contribution in [0.3, 0.4) is 0 Å². The molecule has 2 aromatic carbocycles. The van der Waals surface area contributed by atoms with Crippen LogP contribution in [0, 0.1) is 20.8 Å². The third-order valence-electron chi connectivity index (χ3n) is 4.66. The summed E-state index contributed by atoms with van der Waals surface area (Å²) in [7, 11) is 1.92. The summed E-state index contributed by atoms with van der Waals surface area (Å²) in [6.45, 7) is 6.32. The van der Waals surface area contributed by atoms with Gasteiger partial charge in [-0.15, -0.1) is 11.8 Å². The number of hydrogen-bond acceptors (Lipinski definition) is 3. The Bertz CT molecular complexity index is 975. The van der Waals surface area contributed by atoms with Gasteiger partial charge in [-0.05, 0) is 68.0 Å². The van der Waals surface area contributed by atoms with Crippen molar-refractivity contribution in [2.24, 2.45) is 7.05 Å². The number of aromatic nitrogens is 2. The number of amides is 1. The number of nitrogens with one attached hydrogen (secondary N) is 1. The molecule has 3 aromatic rings. The molecule has 0 bridgehead atoms. The van der Waals surface area contributed by atoms with Gasteiger partial charge in [0.15, 0.2) is 0 Å². The van der Waals surface area contributed by atoms with Crippen LogP contribution in [0.4, 0.5) is 5.95 Å². The molecule has 1 amide bonds. The summed E-state index contributed by atoms with van der Waals surface area (Å²) in [5.41, 5.74) is 6.46. The lowest BCUT2D eigenvalue weighted by Crippen LogP contribution is -2.15. The van der Waals surface area contributed by atoms with Crippen molar-refractivity contribution in [2.75, 3.05) is 11.6 Å². The van der Waals surface area contributed by atoms with E-state index in [1.54, 1.807) is 11.8 Å². The molecule has 134 valence electrons. The molecule has 0 radical (unpaired) electrons. The van der Waals surface area contributed by atoms with E-state index in [4.69, 9.17) is 0 Å². The van der Waals surface area contributed by atoms with Crippen molar-refractivity contribution >= 4 is 23.6 Å². The van der Waals surface area contributed by atoms with Gasteiger partial charge in [-0.2, -0.15) is 0 Å². The van der Waals surface area contributed by atoms with Gasteiger partial charge in [0.1, 0.15) is 0 Å². The molecule has 0 fully saturated rings. The Hall–Kier alpha value is -2.53. The summed E-state index contributed by atoms with van der Waals surface area (Å²) < 4.78 is 1.92. The third-order valence-corrected chi connectivity index (χ3v) is 5.39. The third kappa shape index (κ3) is 3.53. The molecule has 0 saturated carbocycles. The first kappa shape index (κ1) is 18.3. The zero-order valence-electron chi connectivity index (χ0n) is 15.8. The Labute approximate surface area is 158 Å². The van der Waals surface area contributed by atoms with Crippen molar-refractivity contribution < 1.29 is 4.79 Å². The van der Waals surface area contributed by atoms with E-state index in [0.717, 1.165) is 16.2 Å². The highest BCUT2D eigenvalue weighted by Crippen LogP contribution is 2.28. The first-order valence-corrected chi connectivity index (χ1v) is 9.68. The predicted octanol–water partition coefficient (Wildman–Crippen LogP) is 4.99. The van der Waals surface area contributed by atoms with Gasteiger partial charge in [0.05, 0.1) is 11.9 Å². The van der Waals surface area contributed by atoms with Gasteiger partial charge in [-0.25, -0.2) is 4.98 Å². The number of benzene rings is 2. The highest BCUT2D eigenvalue weighted by atomic mass is 32.2. The summed E-state index contributed by atoms with van der Waals surface area (Å²) in [6.07, 6.45) is 3.80. The van der Waals surface area contributed by atoms with E-state index in [2.05, 4.69) is 43.2 Å². The maximum absolute atomic E-state index is 12.6. The lowest BCUT2D eigenvalue weighted by molar-refractivity contribution is 0.102. The molecule has 1 heterocycles. The molecule has 0 atom stereocenters. The van der Waals surface area contributed by atoms with Crippen LogP contribution in [0.2, 0.25) is 0 Å². The van der Waals surface area contributed by atoms with Crippen LogP contribution in [0.1, 0.15) is 27.0 Å². The van der Waals surface area contributed by atoms with Crippen molar-refractivity contribution in [1.82, 2.24) is 9.55 Å². The Kier molecular flexibility index (Phi) is 5.18. The molecule has 0 unspecified atom stereocenters. The van der Waals surface area contributed by atoms with E-state index in [9.17, 15) is 4.79 Å². The van der Waals surface area contributed by atoms with Gasteiger partial charge in [0.2, 0.25) is 5.95 Å². The number of carbonyl (C=O) groups excluding carboxylic acids is 1. The first-order valence-electron chi connectivity index (χ1n) is 8.46. The molecule has 3 rings (SSSR count). The predicted molar refractivity (Wildman–Crippen MR) is 109 cm³/mol. The molecule has 4 nitrogen and oxygen atoms in total. The minimum Gasteiger partial charge on any atom is -0.313 e. The molecule has 1 aromatic heterocycles. The van der Waals surface area contributed by atoms with Crippen LogP contribution < -0.4 is 5.32 Å². The molecular formula is C21H23N3OS. The van der Waals surface area contributed by atoms with E-state index in [0.29, 0.717) is 11.5 Å². The number of thioether (sulfide) groups is 1. The Balaban J connectivity index is 1.90. The average molecular weight is 366 g/mol. The molecule has 26 heavy (non-hydrogen) atoms. The number of nitrogens with zero attached hydrogens (tertiary/aromatic N) is 2. The molecular weight excluding hydrogens is 342 g/mol. The number of aryl methyl sites for hydroxylation is 3. The van der Waals surface area contributed by atoms with Gasteiger partial charge in [-0.1, -0.05) is 12.1 Å². The second-order valence-electron chi connectivity index (χ2n) is 6.46. The summed E-state index contributed by atoms with van der Waals surface area (Å²) in [6, 6.07) is 11.9. The molecule has 0 aliphatic carbocycles. The highest BCUT2D eigenvalue weighted by molar-refractivity contribution is 7.98. The van der Waals surface area contributed by atoms with E-state index in [1.165, 1.54) is 16.7 Å². The van der Waals surface area contributed by atoms with Crippen LogP contribution in [0.5, 0.6) is 0 Å². The van der Waals surface area contributed by atoms with Gasteiger partial charge >= 0.3 is 0 Å². The summed E-state index contributed by atoms with van der Waals surface area (Å²) in [4.78, 5) is 18.1. The van der Waals surface area contributed by atoms with Gasteiger partial charge in [0.25, 0.3) is 5.91 Å². The van der Waals surface area contributed by atoms with Crippen molar-refractivity contribution in [1.29, 1.82) is 0 Å². The lowest BCUT2D eigenvalue weighted by Gasteiger charge is -2.12. The van der Waals surface area contributed by atoms with Gasteiger partial charge < -0.3 is 4.57 Å². The zero-order valence-corrected chi connectivity index (χ0v) is 16.6. The lowest BCUT2D eigenvalue weighted by atomic mass is 9.99. The van der Waals surface area contributed by atoms with Crippen molar-refractivity contribution in [2.45, 2.75) is 25.7 Å². The monoisotopic (exact) mass is 365 g/mol. The van der Waals surface area contributed by atoms with Crippen molar-refractivity contribution in [3.05, 3.63) is 64.8 Å². The normalized spacial score (nSPS) is 10.8.